The van der Waals surface area contributed by atoms with Crippen LogP contribution in [-0.2, 0) is 14.4 Å². The number of hydrogen-bond acceptors (Lipinski definition) is 4. The number of aliphatic hydroxyl groups is 1. The Morgan fingerprint density at radius 3 is 0.878 bits per heavy atom. The minimum Gasteiger partial charge on any atom is -0.481 e. The van der Waals surface area contributed by atoms with Gasteiger partial charge >= 0.3 is 11.9 Å². The number of rotatable bonds is 39. The van der Waals surface area contributed by atoms with Gasteiger partial charge in [0, 0.05) is 13.1 Å². The molecule has 1 unspecified atom stereocenters. The van der Waals surface area contributed by atoms with E-state index in [-0.39, 0.29) is 0 Å². The van der Waals surface area contributed by atoms with Gasteiger partial charge in [-0.25, -0.2) is 4.79 Å². The lowest BCUT2D eigenvalue weighted by Gasteiger charge is -2.27. The summed E-state index contributed by atoms with van der Waals surface area (Å²) in [6, 6.07) is 0. The molecule has 0 aromatic rings. The SMILES string of the molecule is CCCCCCCCCCCCCCCCCCN(CCCCCCCCCCCCCCCCCC)C(=O)CC(O)(CC(=O)O)C(=O)O. The number of carbonyl (C=O) groups is 3. The highest BCUT2D eigenvalue weighted by molar-refractivity contribution is 5.90. The van der Waals surface area contributed by atoms with Gasteiger partial charge in [0.2, 0.25) is 5.91 Å². The van der Waals surface area contributed by atoms with Crippen molar-refractivity contribution in [1.29, 1.82) is 0 Å². The van der Waals surface area contributed by atoms with Crippen molar-refractivity contribution in [2.45, 2.75) is 238 Å². The fraction of sp³-hybridized carbons (Fsp3) is 0.929. The Balaban J connectivity index is 4.24. The molecule has 1 amide bonds. The van der Waals surface area contributed by atoms with Crippen LogP contribution in [0.1, 0.15) is 232 Å². The summed E-state index contributed by atoms with van der Waals surface area (Å²) in [6.07, 6.45) is 39.1. The number of aliphatic carboxylic acids is 2. The highest BCUT2D eigenvalue weighted by Gasteiger charge is 2.41. The first-order valence-electron chi connectivity index (χ1n) is 21.2. The van der Waals surface area contributed by atoms with Crippen LogP contribution >= 0.6 is 0 Å². The van der Waals surface area contributed by atoms with Crippen LogP contribution in [-0.4, -0.2) is 56.8 Å². The van der Waals surface area contributed by atoms with Gasteiger partial charge in [-0.15, -0.1) is 0 Å². The van der Waals surface area contributed by atoms with Crippen LogP contribution in [0, 0.1) is 0 Å². The predicted molar refractivity (Wildman–Crippen MR) is 205 cm³/mol. The minimum absolute atomic E-state index is 0.465. The van der Waals surface area contributed by atoms with Crippen LogP contribution in [0.25, 0.3) is 0 Å². The molecule has 0 heterocycles. The van der Waals surface area contributed by atoms with Crippen LogP contribution in [0.2, 0.25) is 0 Å². The summed E-state index contributed by atoms with van der Waals surface area (Å²) in [4.78, 5) is 37.7. The van der Waals surface area contributed by atoms with Crippen molar-refractivity contribution in [3.63, 3.8) is 0 Å². The van der Waals surface area contributed by atoms with Crippen molar-refractivity contribution in [3.05, 3.63) is 0 Å². The van der Waals surface area contributed by atoms with E-state index < -0.39 is 36.3 Å². The Labute approximate surface area is 302 Å². The second kappa shape index (κ2) is 34.8. The molecule has 0 radical (unpaired) electrons. The van der Waals surface area contributed by atoms with Crippen molar-refractivity contribution in [2.24, 2.45) is 0 Å². The summed E-state index contributed by atoms with van der Waals surface area (Å²) in [5, 5.41) is 29.1. The number of unbranched alkanes of at least 4 members (excludes halogenated alkanes) is 30. The van der Waals surface area contributed by atoms with Crippen LogP contribution in [0.15, 0.2) is 0 Å². The van der Waals surface area contributed by atoms with E-state index in [1.807, 2.05) is 0 Å². The summed E-state index contributed by atoms with van der Waals surface area (Å²) >= 11 is 0. The van der Waals surface area contributed by atoms with Crippen molar-refractivity contribution in [3.8, 4) is 0 Å². The van der Waals surface area contributed by atoms with E-state index in [1.54, 1.807) is 4.90 Å². The summed E-state index contributed by atoms with van der Waals surface area (Å²) in [5.41, 5.74) is -2.58. The average Bonchev–Trinajstić information content (AvgIpc) is 3.06. The number of hydrogen-bond donors (Lipinski definition) is 3. The maximum Gasteiger partial charge on any atom is 0.336 e. The molecule has 0 aliphatic heterocycles. The van der Waals surface area contributed by atoms with Crippen molar-refractivity contribution < 1.29 is 29.7 Å². The molecule has 0 saturated carbocycles. The van der Waals surface area contributed by atoms with Crippen molar-refractivity contribution >= 4 is 17.8 Å². The molecule has 0 aliphatic carbocycles. The molecule has 3 N–H and O–H groups in total. The molecule has 0 rings (SSSR count). The van der Waals surface area contributed by atoms with Crippen LogP contribution in [0.4, 0.5) is 0 Å². The maximum atomic E-state index is 13.1. The summed E-state index contributed by atoms with van der Waals surface area (Å²) in [7, 11) is 0. The van der Waals surface area contributed by atoms with E-state index in [1.165, 1.54) is 167 Å². The molecule has 0 aromatic carbocycles. The van der Waals surface area contributed by atoms with Gasteiger partial charge in [0.25, 0.3) is 0 Å². The van der Waals surface area contributed by atoms with E-state index in [4.69, 9.17) is 5.11 Å². The number of carbonyl (C=O) groups excluding carboxylic acids is 1. The second-order valence-corrected chi connectivity index (χ2v) is 15.1. The van der Waals surface area contributed by atoms with Crippen molar-refractivity contribution in [1.82, 2.24) is 4.90 Å². The van der Waals surface area contributed by atoms with Crippen LogP contribution in [0.3, 0.4) is 0 Å². The highest BCUT2D eigenvalue weighted by Crippen LogP contribution is 2.20. The van der Waals surface area contributed by atoms with E-state index in [0.717, 1.165) is 38.5 Å². The third kappa shape index (κ3) is 30.9. The molecule has 7 heteroatoms. The van der Waals surface area contributed by atoms with Gasteiger partial charge in [-0.3, -0.25) is 9.59 Å². The molecule has 1 atom stereocenters. The first-order valence-corrected chi connectivity index (χ1v) is 21.2. The average molecular weight is 696 g/mol. The van der Waals surface area contributed by atoms with E-state index >= 15 is 0 Å². The molecular formula is C42H81NO6. The summed E-state index contributed by atoms with van der Waals surface area (Å²) in [5.74, 6) is -3.55. The van der Waals surface area contributed by atoms with Gasteiger partial charge in [0.15, 0.2) is 5.60 Å². The number of amides is 1. The number of nitrogens with zero attached hydrogens (tertiary/aromatic N) is 1. The van der Waals surface area contributed by atoms with E-state index in [2.05, 4.69) is 13.8 Å². The van der Waals surface area contributed by atoms with E-state index in [9.17, 15) is 24.6 Å². The monoisotopic (exact) mass is 696 g/mol. The lowest BCUT2D eigenvalue weighted by atomic mass is 9.94. The lowest BCUT2D eigenvalue weighted by Crippen LogP contribution is -2.46. The van der Waals surface area contributed by atoms with Gasteiger partial charge in [0.1, 0.15) is 0 Å². The molecule has 0 aromatic heterocycles. The third-order valence-electron chi connectivity index (χ3n) is 10.2. The zero-order valence-electron chi connectivity index (χ0n) is 32.5. The van der Waals surface area contributed by atoms with Gasteiger partial charge in [-0.05, 0) is 12.8 Å². The van der Waals surface area contributed by atoms with Crippen LogP contribution in [0.5, 0.6) is 0 Å². The zero-order valence-corrected chi connectivity index (χ0v) is 32.5. The molecule has 49 heavy (non-hydrogen) atoms. The fourth-order valence-electron chi connectivity index (χ4n) is 6.89. The Morgan fingerprint density at radius 2 is 0.653 bits per heavy atom. The highest BCUT2D eigenvalue weighted by atomic mass is 16.4. The smallest absolute Gasteiger partial charge is 0.336 e. The molecule has 0 fully saturated rings. The number of carboxylic acid groups (broad SMARTS) is 2. The first-order chi connectivity index (χ1) is 23.8. The summed E-state index contributed by atoms with van der Waals surface area (Å²) < 4.78 is 0. The molecule has 0 spiro atoms. The Kier molecular flexibility index (Phi) is 33.6. The minimum atomic E-state index is -2.58. The standard InChI is InChI=1S/C42H81NO6/c1-3-5-7-9-11-13-15-17-19-21-23-25-27-29-31-33-35-43(39(44)37-42(49,41(47)48)38-40(45)46)36-34-32-30-28-26-24-22-20-18-16-14-12-10-8-6-4-2/h49H,3-38H2,1-2H3,(H,45,46)(H,47,48). The van der Waals surface area contributed by atoms with E-state index in [0.29, 0.717) is 13.1 Å². The Hall–Kier alpha value is -1.63. The molecule has 0 bridgehead atoms. The molecule has 0 aliphatic rings. The molecule has 0 saturated heterocycles. The van der Waals surface area contributed by atoms with Gasteiger partial charge in [-0.1, -0.05) is 206 Å². The maximum absolute atomic E-state index is 13.1. The summed E-state index contributed by atoms with van der Waals surface area (Å²) in [6.45, 7) is 5.58. The third-order valence-corrected chi connectivity index (χ3v) is 10.2. The second-order valence-electron chi connectivity index (χ2n) is 15.1. The molecule has 290 valence electrons. The Bertz CT molecular complexity index is 738. The lowest BCUT2D eigenvalue weighted by molar-refractivity contribution is -0.169. The Morgan fingerprint density at radius 1 is 0.408 bits per heavy atom. The first kappa shape index (κ1) is 47.4. The zero-order chi connectivity index (χ0) is 36.3. The number of carboxylic acids is 2. The normalized spacial score (nSPS) is 12.6. The molecular weight excluding hydrogens is 614 g/mol. The van der Waals surface area contributed by atoms with Gasteiger partial charge < -0.3 is 20.2 Å². The molecule has 7 nitrogen and oxygen atoms in total. The quantitative estimate of drug-likeness (QED) is 0.0551. The van der Waals surface area contributed by atoms with Gasteiger partial charge in [-0.2, -0.15) is 0 Å². The van der Waals surface area contributed by atoms with Crippen molar-refractivity contribution in [2.75, 3.05) is 13.1 Å². The largest absolute Gasteiger partial charge is 0.481 e. The van der Waals surface area contributed by atoms with Gasteiger partial charge in [0.05, 0.1) is 12.8 Å². The predicted octanol–water partition coefficient (Wildman–Crippen LogP) is 12.0. The topological polar surface area (TPSA) is 115 Å². The fourth-order valence-corrected chi connectivity index (χ4v) is 6.89. The van der Waals surface area contributed by atoms with Crippen LogP contribution < -0.4 is 0 Å².